The lowest BCUT2D eigenvalue weighted by molar-refractivity contribution is -0.117. The average Bonchev–Trinajstić information content (AvgIpc) is 2.45. The van der Waals surface area contributed by atoms with Crippen LogP contribution in [0.1, 0.15) is 18.9 Å². The van der Waals surface area contributed by atoms with Crippen molar-refractivity contribution in [2.75, 3.05) is 5.73 Å². The SMILES string of the molecule is CC1SC(Cc2cccc(N)c2)CC1=O. The van der Waals surface area contributed by atoms with Gasteiger partial charge in [0.1, 0.15) is 5.78 Å². The maximum Gasteiger partial charge on any atom is 0.146 e. The van der Waals surface area contributed by atoms with Crippen molar-refractivity contribution in [2.24, 2.45) is 0 Å². The third-order valence-electron chi connectivity index (χ3n) is 2.69. The molecule has 0 bridgehead atoms. The minimum atomic E-state index is 0.177. The first-order chi connectivity index (χ1) is 7.15. The second-order valence-corrected chi connectivity index (χ2v) is 5.67. The van der Waals surface area contributed by atoms with Crippen molar-refractivity contribution in [1.29, 1.82) is 0 Å². The molecule has 1 heterocycles. The first kappa shape index (κ1) is 10.6. The number of ketones is 1. The Morgan fingerprint density at radius 3 is 2.93 bits per heavy atom. The molecule has 2 N–H and O–H groups in total. The number of benzene rings is 1. The quantitative estimate of drug-likeness (QED) is 0.779. The van der Waals surface area contributed by atoms with Gasteiger partial charge in [0.2, 0.25) is 0 Å². The van der Waals surface area contributed by atoms with Crippen molar-refractivity contribution in [1.82, 2.24) is 0 Å². The van der Waals surface area contributed by atoms with Crippen molar-refractivity contribution in [2.45, 2.75) is 30.3 Å². The van der Waals surface area contributed by atoms with Crippen LogP contribution in [0.15, 0.2) is 24.3 Å². The average molecular weight is 221 g/mol. The molecule has 2 rings (SSSR count). The molecule has 2 unspecified atom stereocenters. The van der Waals surface area contributed by atoms with Crippen LogP contribution in [0, 0.1) is 0 Å². The molecule has 2 atom stereocenters. The van der Waals surface area contributed by atoms with E-state index in [-0.39, 0.29) is 5.25 Å². The van der Waals surface area contributed by atoms with E-state index in [0.29, 0.717) is 17.5 Å². The molecule has 3 heteroatoms. The van der Waals surface area contributed by atoms with E-state index in [9.17, 15) is 4.79 Å². The molecule has 0 saturated carbocycles. The minimum absolute atomic E-state index is 0.177. The summed E-state index contributed by atoms with van der Waals surface area (Å²) < 4.78 is 0. The smallest absolute Gasteiger partial charge is 0.146 e. The molecule has 1 saturated heterocycles. The van der Waals surface area contributed by atoms with Gasteiger partial charge in [-0.1, -0.05) is 12.1 Å². The van der Waals surface area contributed by atoms with Crippen LogP contribution in [0.2, 0.25) is 0 Å². The van der Waals surface area contributed by atoms with E-state index in [4.69, 9.17) is 5.73 Å². The number of anilines is 1. The second kappa shape index (κ2) is 4.27. The van der Waals surface area contributed by atoms with Crippen molar-refractivity contribution < 1.29 is 4.79 Å². The summed E-state index contributed by atoms with van der Waals surface area (Å²) in [6.45, 7) is 1.99. The Kier molecular flexibility index (Phi) is 3.00. The fraction of sp³-hybridized carbons (Fsp3) is 0.417. The number of carbonyl (C=O) groups is 1. The number of carbonyl (C=O) groups excluding carboxylic acids is 1. The number of rotatable bonds is 2. The Bertz CT molecular complexity index is 378. The molecule has 0 spiro atoms. The predicted molar refractivity (Wildman–Crippen MR) is 65.0 cm³/mol. The number of thioether (sulfide) groups is 1. The summed E-state index contributed by atoms with van der Waals surface area (Å²) in [6, 6.07) is 7.92. The van der Waals surface area contributed by atoms with Crippen LogP contribution in [0.3, 0.4) is 0 Å². The first-order valence-electron chi connectivity index (χ1n) is 5.18. The molecule has 1 aromatic carbocycles. The van der Waals surface area contributed by atoms with Gasteiger partial charge in [0.15, 0.2) is 0 Å². The molecule has 1 aromatic rings. The summed E-state index contributed by atoms with van der Waals surface area (Å²) in [4.78, 5) is 11.4. The van der Waals surface area contributed by atoms with E-state index >= 15 is 0 Å². The summed E-state index contributed by atoms with van der Waals surface area (Å²) in [5, 5.41) is 0.616. The highest BCUT2D eigenvalue weighted by Crippen LogP contribution is 2.32. The number of hydrogen-bond donors (Lipinski definition) is 1. The third kappa shape index (κ3) is 2.53. The molecular weight excluding hydrogens is 206 g/mol. The van der Waals surface area contributed by atoms with Gasteiger partial charge in [0, 0.05) is 17.4 Å². The summed E-state index contributed by atoms with van der Waals surface area (Å²) in [6.07, 6.45) is 1.66. The van der Waals surface area contributed by atoms with Crippen LogP contribution in [-0.4, -0.2) is 16.3 Å². The summed E-state index contributed by atoms with van der Waals surface area (Å²) >= 11 is 1.78. The maximum absolute atomic E-state index is 11.4. The lowest BCUT2D eigenvalue weighted by Gasteiger charge is -2.08. The fourth-order valence-electron chi connectivity index (χ4n) is 1.91. The Labute approximate surface area is 94.2 Å². The van der Waals surface area contributed by atoms with Gasteiger partial charge < -0.3 is 5.73 Å². The van der Waals surface area contributed by atoms with Gasteiger partial charge in [0.25, 0.3) is 0 Å². The highest BCUT2D eigenvalue weighted by atomic mass is 32.2. The van der Waals surface area contributed by atoms with Crippen molar-refractivity contribution in [3.8, 4) is 0 Å². The second-order valence-electron chi connectivity index (χ2n) is 4.02. The molecule has 0 aromatic heterocycles. The lowest BCUT2D eigenvalue weighted by Crippen LogP contribution is -2.05. The topological polar surface area (TPSA) is 43.1 Å². The molecule has 0 aliphatic carbocycles. The van der Waals surface area contributed by atoms with Gasteiger partial charge in [-0.05, 0) is 31.0 Å². The zero-order valence-corrected chi connectivity index (χ0v) is 9.59. The van der Waals surface area contributed by atoms with Crippen LogP contribution < -0.4 is 5.73 Å². The highest BCUT2D eigenvalue weighted by molar-refractivity contribution is 8.01. The molecule has 80 valence electrons. The van der Waals surface area contributed by atoms with Crippen molar-refractivity contribution in [3.05, 3.63) is 29.8 Å². The van der Waals surface area contributed by atoms with Gasteiger partial charge in [-0.15, -0.1) is 11.8 Å². The van der Waals surface area contributed by atoms with Crippen LogP contribution in [0.5, 0.6) is 0 Å². The normalized spacial score (nSPS) is 25.8. The molecule has 1 aliphatic heterocycles. The fourth-order valence-corrected chi connectivity index (χ4v) is 3.28. The summed E-state index contributed by atoms with van der Waals surface area (Å²) in [5.74, 6) is 0.383. The van der Waals surface area contributed by atoms with E-state index in [1.54, 1.807) is 11.8 Å². The minimum Gasteiger partial charge on any atom is -0.399 e. The summed E-state index contributed by atoms with van der Waals surface area (Å²) in [7, 11) is 0. The van der Waals surface area contributed by atoms with Crippen molar-refractivity contribution in [3.63, 3.8) is 0 Å². The number of nitrogen functional groups attached to an aromatic ring is 1. The van der Waals surface area contributed by atoms with Crippen LogP contribution >= 0.6 is 11.8 Å². The Balaban J connectivity index is 2.01. The lowest BCUT2D eigenvalue weighted by atomic mass is 10.1. The number of Topliss-reactive ketones (excluding diaryl/α,β-unsaturated/α-hetero) is 1. The zero-order valence-electron chi connectivity index (χ0n) is 8.77. The maximum atomic E-state index is 11.4. The molecule has 15 heavy (non-hydrogen) atoms. The Morgan fingerprint density at radius 1 is 1.53 bits per heavy atom. The molecule has 0 amide bonds. The van der Waals surface area contributed by atoms with E-state index < -0.39 is 0 Å². The number of nitrogens with two attached hydrogens (primary N) is 1. The standard InChI is InChI=1S/C12H15NOS/c1-8-12(14)7-11(15-8)6-9-3-2-4-10(13)5-9/h2-5,8,11H,6-7,13H2,1H3. The highest BCUT2D eigenvalue weighted by Gasteiger charge is 2.29. The van der Waals surface area contributed by atoms with E-state index in [1.807, 2.05) is 25.1 Å². The van der Waals surface area contributed by atoms with Gasteiger partial charge in [-0.2, -0.15) is 0 Å². The summed E-state index contributed by atoms with van der Waals surface area (Å²) in [5.41, 5.74) is 7.75. The molecular formula is C12H15NOS. The van der Waals surface area contributed by atoms with E-state index in [0.717, 1.165) is 12.1 Å². The van der Waals surface area contributed by atoms with Crippen molar-refractivity contribution >= 4 is 23.2 Å². The molecule has 1 aliphatic rings. The van der Waals surface area contributed by atoms with E-state index in [2.05, 4.69) is 6.07 Å². The largest absolute Gasteiger partial charge is 0.399 e. The van der Waals surface area contributed by atoms with Gasteiger partial charge in [0.05, 0.1) is 5.25 Å². The van der Waals surface area contributed by atoms with E-state index in [1.165, 1.54) is 5.56 Å². The number of hydrogen-bond acceptors (Lipinski definition) is 3. The third-order valence-corrected chi connectivity index (χ3v) is 4.08. The predicted octanol–water partition coefficient (Wildman–Crippen LogP) is 2.27. The molecule has 0 radical (unpaired) electrons. The van der Waals surface area contributed by atoms with Gasteiger partial charge >= 0.3 is 0 Å². The Hall–Kier alpha value is -0.960. The zero-order chi connectivity index (χ0) is 10.8. The molecule has 1 fully saturated rings. The van der Waals surface area contributed by atoms with Gasteiger partial charge in [-0.3, -0.25) is 4.79 Å². The van der Waals surface area contributed by atoms with Gasteiger partial charge in [-0.25, -0.2) is 0 Å². The van der Waals surface area contributed by atoms with Crippen LogP contribution in [-0.2, 0) is 11.2 Å². The first-order valence-corrected chi connectivity index (χ1v) is 6.12. The molecule has 2 nitrogen and oxygen atoms in total. The Morgan fingerprint density at radius 2 is 2.33 bits per heavy atom. The van der Waals surface area contributed by atoms with Crippen LogP contribution in [0.25, 0.3) is 0 Å². The monoisotopic (exact) mass is 221 g/mol. The van der Waals surface area contributed by atoms with Crippen LogP contribution in [0.4, 0.5) is 5.69 Å².